The minimum atomic E-state index is -4.94. The van der Waals surface area contributed by atoms with Crippen molar-refractivity contribution in [3.63, 3.8) is 0 Å². The van der Waals surface area contributed by atoms with Crippen LogP contribution in [0.1, 0.15) is 96.8 Å². The fourth-order valence-electron chi connectivity index (χ4n) is 2.85. The zero-order valence-electron chi connectivity index (χ0n) is 21.4. The summed E-state index contributed by atoms with van der Waals surface area (Å²) in [6.07, 6.45) is 16.7. The van der Waals surface area contributed by atoms with E-state index in [0.29, 0.717) is 6.42 Å². The first kappa shape index (κ1) is 42.1. The first-order valence-electron chi connectivity index (χ1n) is 11.4. The van der Waals surface area contributed by atoms with Crippen molar-refractivity contribution in [1.82, 2.24) is 0 Å². The van der Waals surface area contributed by atoms with Gasteiger partial charge in [-0.1, -0.05) is 64.0 Å². The van der Waals surface area contributed by atoms with Gasteiger partial charge in [-0.3, -0.25) is 9.35 Å². The van der Waals surface area contributed by atoms with Crippen LogP contribution in [-0.2, 0) is 24.5 Å². The van der Waals surface area contributed by atoms with Crippen molar-refractivity contribution in [2.24, 2.45) is 5.73 Å². The molecule has 0 saturated heterocycles. The number of aliphatic hydroxyl groups is 1. The molecule has 2 unspecified atom stereocenters. The second-order valence-electron chi connectivity index (χ2n) is 7.88. The number of carbonyl (C=O) groups is 3. The van der Waals surface area contributed by atoms with Crippen LogP contribution < -0.4 is 75.1 Å². The number of unbranched alkanes of at least 4 members (excludes halogenated alkanes) is 8. The number of nitrogens with two attached hydrogens (primary N) is 1. The van der Waals surface area contributed by atoms with E-state index in [4.69, 9.17) is 10.3 Å². The molecule has 0 aliphatic heterocycles. The maximum Gasteiger partial charge on any atom is 1.00 e. The smallest absolute Gasteiger partial charge is 0.550 e. The number of amides is 1. The van der Waals surface area contributed by atoms with Crippen LogP contribution in [0.25, 0.3) is 0 Å². The number of carboxylic acids is 2. The van der Waals surface area contributed by atoms with Crippen LogP contribution in [0.2, 0.25) is 0 Å². The third-order valence-corrected chi connectivity index (χ3v) is 5.81. The Kier molecular flexibility index (Phi) is 32.6. The summed E-state index contributed by atoms with van der Waals surface area (Å²) >= 11 is 0. The van der Waals surface area contributed by atoms with Crippen molar-refractivity contribution in [3.05, 3.63) is 12.2 Å². The van der Waals surface area contributed by atoms with E-state index in [0.717, 1.165) is 38.5 Å². The maximum atomic E-state index is 10.6. The third-order valence-electron chi connectivity index (χ3n) is 4.73. The standard InChI is InChI=1S/C18H35NO2.C4H6O7S.2Na/c1-2-3-4-11-14-17(20)15-12-9-7-5-6-8-10-13-16-18(19)21;5-3(6)1-2(4(7)8)12(9,10)11;;/h9,12,17,20H,2-8,10-11,13-16H2,1H3,(H2,19,21);2H,1H2,(H,5,6)(H,7,8)(H,9,10,11);;/q;;2*+1/p-2/b12-9-;;;. The molecule has 194 valence electrons. The maximum absolute atomic E-state index is 10.6. The van der Waals surface area contributed by atoms with Gasteiger partial charge < -0.3 is 30.6 Å². The second-order valence-corrected chi connectivity index (χ2v) is 9.48. The molecule has 0 aromatic rings. The van der Waals surface area contributed by atoms with Crippen LogP contribution in [0, 0.1) is 0 Å². The molecule has 0 aliphatic carbocycles. The quantitative estimate of drug-likeness (QED) is 0.0621. The van der Waals surface area contributed by atoms with Gasteiger partial charge in [-0.05, 0) is 32.1 Å². The van der Waals surface area contributed by atoms with Crippen molar-refractivity contribution in [1.29, 1.82) is 0 Å². The molecule has 0 radical (unpaired) electrons. The summed E-state index contributed by atoms with van der Waals surface area (Å²) in [7, 11) is -4.94. The van der Waals surface area contributed by atoms with E-state index in [9.17, 15) is 38.1 Å². The topological polar surface area (TPSA) is 198 Å². The van der Waals surface area contributed by atoms with Crippen LogP contribution in [0.4, 0.5) is 0 Å². The zero-order valence-corrected chi connectivity index (χ0v) is 26.3. The fraction of sp³-hybridized carbons (Fsp3) is 0.773. The number of hydrogen-bond donors (Lipinski definition) is 3. The third kappa shape index (κ3) is 32.0. The predicted octanol–water partition coefficient (Wildman–Crippen LogP) is -5.38. The Balaban J connectivity index is -0.000000296. The minimum absolute atomic E-state index is 0. The SMILES string of the molecule is CCCCCCC(O)C/C=C\CCCCCCCC(N)=O.O=C([O-])CC(C(=O)[O-])S(=O)(=O)O.[Na+].[Na+]. The van der Waals surface area contributed by atoms with E-state index in [1.165, 1.54) is 38.5 Å². The number of carboxylic acid groups (broad SMARTS) is 2. The van der Waals surface area contributed by atoms with Crippen molar-refractivity contribution in [3.8, 4) is 0 Å². The molecule has 2 atom stereocenters. The van der Waals surface area contributed by atoms with Gasteiger partial charge >= 0.3 is 59.1 Å². The number of aliphatic carboxylic acids is 2. The molecule has 35 heavy (non-hydrogen) atoms. The summed E-state index contributed by atoms with van der Waals surface area (Å²) in [5.41, 5.74) is 5.09. The molecule has 0 aromatic carbocycles. The normalized spacial score (nSPS) is 12.4. The summed E-state index contributed by atoms with van der Waals surface area (Å²) < 4.78 is 28.5. The van der Waals surface area contributed by atoms with Gasteiger partial charge in [0, 0.05) is 18.8 Å². The molecular weight excluding hydrogens is 500 g/mol. The van der Waals surface area contributed by atoms with Gasteiger partial charge in [0.1, 0.15) is 5.25 Å². The first-order valence-corrected chi connectivity index (χ1v) is 12.9. The first-order chi connectivity index (χ1) is 15.4. The second kappa shape index (κ2) is 27.1. The zero-order chi connectivity index (χ0) is 25.7. The predicted molar refractivity (Wildman–Crippen MR) is 120 cm³/mol. The summed E-state index contributed by atoms with van der Waals surface area (Å²) in [6.45, 7) is 2.21. The Morgan fingerprint density at radius 3 is 1.91 bits per heavy atom. The molecule has 0 spiro atoms. The Hall–Kier alpha value is 0.0200. The molecule has 1 amide bonds. The van der Waals surface area contributed by atoms with Crippen LogP contribution in [0.5, 0.6) is 0 Å². The van der Waals surface area contributed by atoms with Crippen molar-refractivity contribution in [2.75, 3.05) is 0 Å². The molecule has 0 heterocycles. The molecule has 0 aromatic heterocycles. The van der Waals surface area contributed by atoms with Gasteiger partial charge in [0.15, 0.2) is 0 Å². The minimum Gasteiger partial charge on any atom is -0.550 e. The fourth-order valence-corrected chi connectivity index (χ4v) is 3.44. The number of hydrogen-bond acceptors (Lipinski definition) is 8. The van der Waals surface area contributed by atoms with E-state index >= 15 is 0 Å². The number of aliphatic hydroxyl groups excluding tert-OH is 1. The van der Waals surface area contributed by atoms with Crippen LogP contribution >= 0.6 is 0 Å². The summed E-state index contributed by atoms with van der Waals surface area (Å²) in [5, 5.41) is 27.1. The van der Waals surface area contributed by atoms with E-state index in [1.807, 2.05) is 0 Å². The van der Waals surface area contributed by atoms with Crippen molar-refractivity contribution in [2.45, 2.75) is 108 Å². The summed E-state index contributed by atoms with van der Waals surface area (Å²) in [5.74, 6) is -4.27. The van der Waals surface area contributed by atoms with Crippen molar-refractivity contribution >= 4 is 28.0 Å². The van der Waals surface area contributed by atoms with E-state index in [1.54, 1.807) is 0 Å². The van der Waals surface area contributed by atoms with Crippen LogP contribution in [0.3, 0.4) is 0 Å². The summed E-state index contributed by atoms with van der Waals surface area (Å²) in [6, 6.07) is 0. The van der Waals surface area contributed by atoms with Crippen LogP contribution in [0.15, 0.2) is 12.2 Å². The molecule has 10 nitrogen and oxygen atoms in total. The van der Waals surface area contributed by atoms with Gasteiger partial charge in [0.25, 0.3) is 10.1 Å². The van der Waals surface area contributed by atoms with Crippen LogP contribution in [-0.4, -0.2) is 47.3 Å². The van der Waals surface area contributed by atoms with E-state index in [2.05, 4.69) is 19.1 Å². The van der Waals surface area contributed by atoms with Gasteiger partial charge in [-0.15, -0.1) is 0 Å². The molecule has 4 N–H and O–H groups in total. The van der Waals surface area contributed by atoms with E-state index in [-0.39, 0.29) is 71.1 Å². The van der Waals surface area contributed by atoms with Gasteiger partial charge in [-0.2, -0.15) is 8.42 Å². The Morgan fingerprint density at radius 1 is 0.914 bits per heavy atom. The molecule has 13 heteroatoms. The number of primary amides is 1. The Bertz CT molecular complexity index is 688. The molecule has 0 bridgehead atoms. The molecule has 0 saturated carbocycles. The number of rotatable bonds is 19. The number of carbonyl (C=O) groups excluding carboxylic acids is 3. The van der Waals surface area contributed by atoms with Crippen molar-refractivity contribution < 1.29 is 102 Å². The average molecular weight is 540 g/mol. The molecule has 0 rings (SSSR count). The van der Waals surface area contributed by atoms with Gasteiger partial charge in [0.05, 0.1) is 12.1 Å². The largest absolute Gasteiger partial charge is 1.00 e. The Morgan fingerprint density at radius 2 is 1.46 bits per heavy atom. The van der Waals surface area contributed by atoms with Gasteiger partial charge in [0.2, 0.25) is 5.91 Å². The Labute approximate surface area is 253 Å². The van der Waals surface area contributed by atoms with E-state index < -0.39 is 33.7 Å². The molecule has 0 aliphatic rings. The molecule has 0 fully saturated rings. The monoisotopic (exact) mass is 539 g/mol. The number of allylic oxidation sites excluding steroid dienone is 1. The average Bonchev–Trinajstić information content (AvgIpc) is 2.70. The summed E-state index contributed by atoms with van der Waals surface area (Å²) in [4.78, 5) is 30.3. The van der Waals surface area contributed by atoms with Gasteiger partial charge in [-0.25, -0.2) is 0 Å². The molecular formula is C22H39NNa2O9S.